The summed E-state index contributed by atoms with van der Waals surface area (Å²) in [6.45, 7) is 4.51. The molecule has 0 unspecified atom stereocenters. The van der Waals surface area contributed by atoms with Gasteiger partial charge in [0, 0.05) is 12.2 Å². The SMILES string of the molecule is CCN(C(=O)c1cn[nH]n1)c1ccccc1C. The summed E-state index contributed by atoms with van der Waals surface area (Å²) in [6, 6.07) is 7.78. The van der Waals surface area contributed by atoms with Gasteiger partial charge in [-0.05, 0) is 25.5 Å². The maximum Gasteiger partial charge on any atom is 0.280 e. The van der Waals surface area contributed by atoms with E-state index in [0.29, 0.717) is 12.2 Å². The lowest BCUT2D eigenvalue weighted by molar-refractivity contribution is 0.0983. The first-order valence-electron chi connectivity index (χ1n) is 5.47. The molecule has 0 aliphatic rings. The van der Waals surface area contributed by atoms with Gasteiger partial charge in [-0.3, -0.25) is 4.79 Å². The van der Waals surface area contributed by atoms with Gasteiger partial charge in [0.2, 0.25) is 0 Å². The Morgan fingerprint density at radius 3 is 2.76 bits per heavy atom. The van der Waals surface area contributed by atoms with Gasteiger partial charge in [-0.1, -0.05) is 18.2 Å². The highest BCUT2D eigenvalue weighted by atomic mass is 16.2. The molecule has 0 atom stereocenters. The van der Waals surface area contributed by atoms with Crippen LogP contribution in [0.25, 0.3) is 0 Å². The predicted octanol–water partition coefficient (Wildman–Crippen LogP) is 1.78. The Hall–Kier alpha value is -2.17. The van der Waals surface area contributed by atoms with Crippen molar-refractivity contribution in [2.24, 2.45) is 0 Å². The van der Waals surface area contributed by atoms with E-state index in [1.807, 2.05) is 38.1 Å². The monoisotopic (exact) mass is 230 g/mol. The molecule has 2 rings (SSSR count). The average molecular weight is 230 g/mol. The van der Waals surface area contributed by atoms with E-state index in [1.54, 1.807) is 4.90 Å². The molecule has 0 saturated carbocycles. The maximum absolute atomic E-state index is 12.2. The first-order valence-corrected chi connectivity index (χ1v) is 5.47. The van der Waals surface area contributed by atoms with Crippen molar-refractivity contribution in [2.75, 3.05) is 11.4 Å². The van der Waals surface area contributed by atoms with Crippen LogP contribution in [0.5, 0.6) is 0 Å². The summed E-state index contributed by atoms with van der Waals surface area (Å²) in [4.78, 5) is 13.9. The van der Waals surface area contributed by atoms with E-state index >= 15 is 0 Å². The van der Waals surface area contributed by atoms with Crippen LogP contribution in [0.3, 0.4) is 0 Å². The highest BCUT2D eigenvalue weighted by molar-refractivity contribution is 6.04. The quantitative estimate of drug-likeness (QED) is 0.874. The highest BCUT2D eigenvalue weighted by Crippen LogP contribution is 2.20. The molecule has 0 bridgehead atoms. The number of rotatable bonds is 3. The summed E-state index contributed by atoms with van der Waals surface area (Å²) < 4.78 is 0. The number of aromatic amines is 1. The molecule has 1 aromatic carbocycles. The number of aryl methyl sites for hydroxylation is 1. The number of aromatic nitrogens is 3. The number of carbonyl (C=O) groups is 1. The first kappa shape index (κ1) is 11.3. The minimum Gasteiger partial charge on any atom is -0.307 e. The Kier molecular flexibility index (Phi) is 3.18. The van der Waals surface area contributed by atoms with E-state index in [-0.39, 0.29) is 5.91 Å². The summed E-state index contributed by atoms with van der Waals surface area (Å²) in [5.74, 6) is -0.143. The molecule has 0 aliphatic carbocycles. The van der Waals surface area contributed by atoms with Gasteiger partial charge < -0.3 is 4.90 Å². The van der Waals surface area contributed by atoms with Crippen LogP contribution in [-0.2, 0) is 0 Å². The summed E-state index contributed by atoms with van der Waals surface area (Å²) in [5, 5.41) is 9.91. The van der Waals surface area contributed by atoms with Gasteiger partial charge in [0.15, 0.2) is 5.69 Å². The fraction of sp³-hybridized carbons (Fsp3) is 0.250. The lowest BCUT2D eigenvalue weighted by Gasteiger charge is -2.21. The Morgan fingerprint density at radius 1 is 1.41 bits per heavy atom. The molecule has 0 fully saturated rings. The van der Waals surface area contributed by atoms with Gasteiger partial charge in [0.25, 0.3) is 5.91 Å². The van der Waals surface area contributed by atoms with E-state index in [1.165, 1.54) is 6.20 Å². The lowest BCUT2D eigenvalue weighted by atomic mass is 10.1. The predicted molar refractivity (Wildman–Crippen MR) is 64.9 cm³/mol. The minimum absolute atomic E-state index is 0.143. The van der Waals surface area contributed by atoms with Crippen molar-refractivity contribution in [3.63, 3.8) is 0 Å². The number of benzene rings is 1. The number of anilines is 1. The average Bonchev–Trinajstić information content (AvgIpc) is 2.86. The first-order chi connectivity index (χ1) is 8.24. The third-order valence-electron chi connectivity index (χ3n) is 2.60. The number of H-pyrrole nitrogens is 1. The van der Waals surface area contributed by atoms with E-state index in [9.17, 15) is 4.79 Å². The number of para-hydroxylation sites is 1. The molecule has 17 heavy (non-hydrogen) atoms. The molecular weight excluding hydrogens is 216 g/mol. The zero-order chi connectivity index (χ0) is 12.3. The number of carbonyl (C=O) groups excluding carboxylic acids is 1. The van der Waals surface area contributed by atoms with Crippen LogP contribution < -0.4 is 4.90 Å². The van der Waals surface area contributed by atoms with Crippen molar-refractivity contribution in [1.82, 2.24) is 15.4 Å². The summed E-state index contributed by atoms with van der Waals surface area (Å²) in [5.41, 5.74) is 2.30. The zero-order valence-corrected chi connectivity index (χ0v) is 9.84. The van der Waals surface area contributed by atoms with Crippen molar-refractivity contribution in [3.8, 4) is 0 Å². The highest BCUT2D eigenvalue weighted by Gasteiger charge is 2.19. The topological polar surface area (TPSA) is 61.9 Å². The van der Waals surface area contributed by atoms with Gasteiger partial charge >= 0.3 is 0 Å². The van der Waals surface area contributed by atoms with Crippen LogP contribution in [0.4, 0.5) is 5.69 Å². The van der Waals surface area contributed by atoms with Crippen LogP contribution in [0.2, 0.25) is 0 Å². The number of hydrogen-bond acceptors (Lipinski definition) is 3. The van der Waals surface area contributed by atoms with Crippen molar-refractivity contribution >= 4 is 11.6 Å². The Morgan fingerprint density at radius 2 is 2.18 bits per heavy atom. The van der Waals surface area contributed by atoms with Crippen molar-refractivity contribution < 1.29 is 4.79 Å². The smallest absolute Gasteiger partial charge is 0.280 e. The summed E-state index contributed by atoms with van der Waals surface area (Å²) >= 11 is 0. The molecule has 1 N–H and O–H groups in total. The van der Waals surface area contributed by atoms with Gasteiger partial charge in [-0.25, -0.2) is 0 Å². The van der Waals surface area contributed by atoms with Gasteiger partial charge in [0.05, 0.1) is 6.20 Å². The fourth-order valence-corrected chi connectivity index (χ4v) is 1.73. The molecule has 2 aromatic rings. The molecule has 5 heteroatoms. The van der Waals surface area contributed by atoms with Crippen LogP contribution in [0, 0.1) is 6.92 Å². The molecule has 0 radical (unpaired) electrons. The molecule has 5 nitrogen and oxygen atoms in total. The Labute approximate surface area is 99.5 Å². The second-order valence-electron chi connectivity index (χ2n) is 3.69. The molecule has 0 aliphatic heterocycles. The summed E-state index contributed by atoms with van der Waals surface area (Å²) in [6.07, 6.45) is 1.43. The fourth-order valence-electron chi connectivity index (χ4n) is 1.73. The molecule has 0 saturated heterocycles. The normalized spacial score (nSPS) is 10.2. The van der Waals surface area contributed by atoms with Gasteiger partial charge in [-0.2, -0.15) is 15.4 Å². The molecule has 0 spiro atoms. The van der Waals surface area contributed by atoms with Crippen LogP contribution in [0.1, 0.15) is 23.0 Å². The minimum atomic E-state index is -0.143. The molecule has 1 heterocycles. The zero-order valence-electron chi connectivity index (χ0n) is 9.84. The molecule has 88 valence electrons. The molecule has 1 aromatic heterocycles. The van der Waals surface area contributed by atoms with E-state index in [2.05, 4.69) is 15.4 Å². The molecular formula is C12H14N4O. The number of amides is 1. The van der Waals surface area contributed by atoms with Crippen molar-refractivity contribution in [2.45, 2.75) is 13.8 Å². The van der Waals surface area contributed by atoms with Crippen LogP contribution >= 0.6 is 0 Å². The lowest BCUT2D eigenvalue weighted by Crippen LogP contribution is -2.31. The number of hydrogen-bond donors (Lipinski definition) is 1. The Balaban J connectivity index is 2.35. The summed E-state index contributed by atoms with van der Waals surface area (Å²) in [7, 11) is 0. The second kappa shape index (κ2) is 4.78. The van der Waals surface area contributed by atoms with Crippen LogP contribution in [0.15, 0.2) is 30.5 Å². The second-order valence-corrected chi connectivity index (χ2v) is 3.69. The Bertz CT molecular complexity index is 507. The van der Waals surface area contributed by atoms with Crippen molar-refractivity contribution in [1.29, 1.82) is 0 Å². The number of nitrogens with zero attached hydrogens (tertiary/aromatic N) is 3. The standard InChI is InChI=1S/C12H14N4O/c1-3-16(11-7-5-4-6-9(11)2)12(17)10-8-13-15-14-10/h4-8H,3H2,1-2H3,(H,13,14,15). The molecule has 1 amide bonds. The van der Waals surface area contributed by atoms with Gasteiger partial charge in [0.1, 0.15) is 0 Å². The van der Waals surface area contributed by atoms with E-state index < -0.39 is 0 Å². The number of nitrogens with one attached hydrogen (secondary N) is 1. The maximum atomic E-state index is 12.2. The third-order valence-corrected chi connectivity index (χ3v) is 2.60. The van der Waals surface area contributed by atoms with Gasteiger partial charge in [-0.15, -0.1) is 0 Å². The van der Waals surface area contributed by atoms with E-state index in [0.717, 1.165) is 11.3 Å². The largest absolute Gasteiger partial charge is 0.307 e. The van der Waals surface area contributed by atoms with Crippen molar-refractivity contribution in [3.05, 3.63) is 41.7 Å². The third kappa shape index (κ3) is 2.18. The van der Waals surface area contributed by atoms with Crippen LogP contribution in [-0.4, -0.2) is 27.9 Å². The van der Waals surface area contributed by atoms with E-state index in [4.69, 9.17) is 0 Å².